The largest absolute Gasteiger partial charge is 0.357 e. The molecule has 0 saturated carbocycles. The van der Waals surface area contributed by atoms with Gasteiger partial charge < -0.3 is 10.2 Å². The maximum Gasteiger partial charge on any atom is 0.244 e. The Morgan fingerprint density at radius 2 is 1.66 bits per heavy atom. The quantitative estimate of drug-likeness (QED) is 0.624. The number of nitrogens with zero attached hydrogens (tertiary/aromatic N) is 2. The van der Waals surface area contributed by atoms with E-state index in [0.717, 1.165) is 27.3 Å². The number of likely N-dealkylation sites (N-methyl/N-ethyl adjacent to an activating group) is 1. The van der Waals surface area contributed by atoms with Crippen molar-refractivity contribution >= 4 is 27.5 Å². The molecule has 0 aliphatic heterocycles. The lowest BCUT2D eigenvalue weighted by atomic mass is 10.0. The average molecular weight is 460 g/mol. The van der Waals surface area contributed by atoms with Gasteiger partial charge in [-0.3, -0.25) is 13.9 Å². The molecule has 1 N–H and O–H groups in total. The highest BCUT2D eigenvalue weighted by Gasteiger charge is 2.29. The molecule has 0 bridgehead atoms. The number of nitrogens with one attached hydrogen (secondary N) is 1. The van der Waals surface area contributed by atoms with Crippen LogP contribution in [0.1, 0.15) is 43.4 Å². The fourth-order valence-corrected chi connectivity index (χ4v) is 4.29. The smallest absolute Gasteiger partial charge is 0.244 e. The second-order valence-electron chi connectivity index (χ2n) is 8.32. The van der Waals surface area contributed by atoms with Gasteiger partial charge in [0, 0.05) is 13.6 Å². The summed E-state index contributed by atoms with van der Waals surface area (Å²) in [6, 6.07) is 14.0. The number of anilines is 1. The van der Waals surface area contributed by atoms with Crippen molar-refractivity contribution in [2.24, 2.45) is 0 Å². The maximum absolute atomic E-state index is 13.3. The summed E-state index contributed by atoms with van der Waals surface area (Å²) in [5.41, 5.74) is 3.38. The zero-order valence-electron chi connectivity index (χ0n) is 19.6. The van der Waals surface area contributed by atoms with E-state index in [2.05, 4.69) is 19.2 Å². The third kappa shape index (κ3) is 6.56. The molecule has 0 aliphatic rings. The molecule has 0 spiro atoms. The summed E-state index contributed by atoms with van der Waals surface area (Å²) in [5, 5.41) is 2.56. The van der Waals surface area contributed by atoms with Crippen LogP contribution in [-0.4, -0.2) is 51.0 Å². The van der Waals surface area contributed by atoms with Crippen LogP contribution in [0.5, 0.6) is 0 Å². The number of carbonyl (C=O) groups excluding carboxylic acids is 2. The van der Waals surface area contributed by atoms with Crippen molar-refractivity contribution in [1.29, 1.82) is 0 Å². The van der Waals surface area contributed by atoms with Gasteiger partial charge in [-0.1, -0.05) is 55.8 Å². The standard InChI is InChI=1S/C24H33N3O4S/c1-17(2)21-10-12-22(13-11-21)27(32(6,30)31)16-23(28)26(19(4)24(29)25-5)15-20-9-7-8-18(3)14-20/h7-14,17,19H,15-16H2,1-6H3,(H,25,29). The molecule has 174 valence electrons. The van der Waals surface area contributed by atoms with Crippen LogP contribution in [0, 0.1) is 6.92 Å². The number of hydrogen-bond acceptors (Lipinski definition) is 4. The monoisotopic (exact) mass is 459 g/mol. The molecule has 1 atom stereocenters. The van der Waals surface area contributed by atoms with E-state index in [0.29, 0.717) is 11.6 Å². The molecule has 2 rings (SSSR count). The van der Waals surface area contributed by atoms with Crippen molar-refractivity contribution in [3.63, 3.8) is 0 Å². The van der Waals surface area contributed by atoms with E-state index in [4.69, 9.17) is 0 Å². The first-order valence-corrected chi connectivity index (χ1v) is 12.4. The Hall–Kier alpha value is -2.87. The first-order chi connectivity index (χ1) is 14.9. The Morgan fingerprint density at radius 3 is 2.16 bits per heavy atom. The second-order valence-corrected chi connectivity index (χ2v) is 10.2. The Morgan fingerprint density at radius 1 is 1.03 bits per heavy atom. The van der Waals surface area contributed by atoms with Crippen LogP contribution in [-0.2, 0) is 26.2 Å². The van der Waals surface area contributed by atoms with Crippen molar-refractivity contribution in [2.75, 3.05) is 24.2 Å². The van der Waals surface area contributed by atoms with E-state index < -0.39 is 28.5 Å². The third-order valence-corrected chi connectivity index (χ3v) is 6.52. The number of sulfonamides is 1. The number of amides is 2. The van der Waals surface area contributed by atoms with Crippen LogP contribution in [0.2, 0.25) is 0 Å². The van der Waals surface area contributed by atoms with Gasteiger partial charge in [-0.25, -0.2) is 8.42 Å². The predicted molar refractivity (Wildman–Crippen MR) is 128 cm³/mol. The Bertz CT molecular complexity index is 1050. The van der Waals surface area contributed by atoms with Gasteiger partial charge >= 0.3 is 0 Å². The molecular formula is C24H33N3O4S. The molecule has 0 radical (unpaired) electrons. The minimum atomic E-state index is -3.73. The molecule has 1 unspecified atom stereocenters. The highest BCUT2D eigenvalue weighted by Crippen LogP contribution is 2.23. The zero-order valence-corrected chi connectivity index (χ0v) is 20.4. The van der Waals surface area contributed by atoms with Gasteiger partial charge in [0.15, 0.2) is 0 Å². The summed E-state index contributed by atoms with van der Waals surface area (Å²) in [5.74, 6) is -0.477. The van der Waals surface area contributed by atoms with Gasteiger partial charge in [-0.05, 0) is 43.0 Å². The van der Waals surface area contributed by atoms with Crippen LogP contribution in [0.3, 0.4) is 0 Å². The lowest BCUT2D eigenvalue weighted by Crippen LogP contribution is -2.50. The van der Waals surface area contributed by atoms with Crippen LogP contribution in [0.15, 0.2) is 48.5 Å². The molecule has 32 heavy (non-hydrogen) atoms. The minimum Gasteiger partial charge on any atom is -0.357 e. The van der Waals surface area contributed by atoms with Crippen molar-refractivity contribution in [1.82, 2.24) is 10.2 Å². The molecule has 0 aliphatic carbocycles. The molecule has 0 fully saturated rings. The summed E-state index contributed by atoms with van der Waals surface area (Å²) in [6.07, 6.45) is 1.07. The summed E-state index contributed by atoms with van der Waals surface area (Å²) < 4.78 is 26.2. The van der Waals surface area contributed by atoms with E-state index in [1.807, 2.05) is 43.3 Å². The molecule has 0 heterocycles. The second kappa shape index (κ2) is 10.6. The predicted octanol–water partition coefficient (Wildman–Crippen LogP) is 3.05. The summed E-state index contributed by atoms with van der Waals surface area (Å²) >= 11 is 0. The lowest BCUT2D eigenvalue weighted by Gasteiger charge is -2.31. The Kier molecular flexibility index (Phi) is 8.44. The molecule has 0 saturated heterocycles. The van der Waals surface area contributed by atoms with Gasteiger partial charge in [-0.2, -0.15) is 0 Å². The van der Waals surface area contributed by atoms with E-state index in [1.165, 1.54) is 11.9 Å². The normalized spacial score (nSPS) is 12.3. The van der Waals surface area contributed by atoms with E-state index >= 15 is 0 Å². The van der Waals surface area contributed by atoms with Gasteiger partial charge in [0.1, 0.15) is 12.6 Å². The van der Waals surface area contributed by atoms with Crippen LogP contribution < -0.4 is 9.62 Å². The van der Waals surface area contributed by atoms with E-state index in [-0.39, 0.29) is 12.5 Å². The highest BCUT2D eigenvalue weighted by molar-refractivity contribution is 7.92. The van der Waals surface area contributed by atoms with Crippen molar-refractivity contribution in [2.45, 2.75) is 46.2 Å². The van der Waals surface area contributed by atoms with Crippen molar-refractivity contribution in [3.05, 3.63) is 65.2 Å². The molecule has 2 aromatic carbocycles. The van der Waals surface area contributed by atoms with Crippen LogP contribution in [0.25, 0.3) is 0 Å². The fourth-order valence-electron chi connectivity index (χ4n) is 3.44. The highest BCUT2D eigenvalue weighted by atomic mass is 32.2. The van der Waals surface area contributed by atoms with Gasteiger partial charge in [0.25, 0.3) is 0 Å². The first-order valence-electron chi connectivity index (χ1n) is 10.6. The number of hydrogen-bond donors (Lipinski definition) is 1. The summed E-state index contributed by atoms with van der Waals surface area (Å²) in [7, 11) is -2.22. The number of aryl methyl sites for hydroxylation is 1. The van der Waals surface area contributed by atoms with Gasteiger partial charge in [-0.15, -0.1) is 0 Å². The SMILES string of the molecule is CNC(=O)C(C)N(Cc1cccc(C)c1)C(=O)CN(c1ccc(C(C)C)cc1)S(C)(=O)=O. The van der Waals surface area contributed by atoms with Crippen LogP contribution in [0.4, 0.5) is 5.69 Å². The van der Waals surface area contributed by atoms with Gasteiger partial charge in [0.2, 0.25) is 21.8 Å². The first kappa shape index (κ1) is 25.4. The summed E-state index contributed by atoms with van der Waals surface area (Å²) in [6.45, 7) is 7.48. The lowest BCUT2D eigenvalue weighted by molar-refractivity contribution is -0.139. The number of carbonyl (C=O) groups is 2. The molecular weight excluding hydrogens is 426 g/mol. The molecule has 0 aromatic heterocycles. The van der Waals surface area contributed by atoms with Crippen LogP contribution >= 0.6 is 0 Å². The fraction of sp³-hybridized carbons (Fsp3) is 0.417. The molecule has 2 amide bonds. The molecule has 7 nitrogen and oxygen atoms in total. The molecule has 2 aromatic rings. The van der Waals surface area contributed by atoms with Gasteiger partial charge in [0.05, 0.1) is 11.9 Å². The zero-order chi connectivity index (χ0) is 24.1. The number of rotatable bonds is 9. The van der Waals surface area contributed by atoms with Crippen molar-refractivity contribution in [3.8, 4) is 0 Å². The van der Waals surface area contributed by atoms with E-state index in [9.17, 15) is 18.0 Å². The molecule has 8 heteroatoms. The Labute approximate surface area is 191 Å². The van der Waals surface area contributed by atoms with Crippen molar-refractivity contribution < 1.29 is 18.0 Å². The third-order valence-electron chi connectivity index (χ3n) is 5.38. The van der Waals surface area contributed by atoms with E-state index in [1.54, 1.807) is 19.1 Å². The Balaban J connectivity index is 2.37. The summed E-state index contributed by atoms with van der Waals surface area (Å²) in [4.78, 5) is 27.1. The topological polar surface area (TPSA) is 86.8 Å². The average Bonchev–Trinajstić information content (AvgIpc) is 2.74. The minimum absolute atomic E-state index is 0.193. The maximum atomic E-state index is 13.3. The number of benzene rings is 2.